The third-order valence-electron chi connectivity index (χ3n) is 4.72. The van der Waals surface area contributed by atoms with Gasteiger partial charge in [0, 0.05) is 0 Å². The van der Waals surface area contributed by atoms with E-state index in [0.29, 0.717) is 16.6 Å². The fourth-order valence-corrected chi connectivity index (χ4v) is 4.21. The van der Waals surface area contributed by atoms with E-state index in [1.54, 1.807) is 6.92 Å². The number of nitrogens with one attached hydrogen (secondary N) is 2. The summed E-state index contributed by atoms with van der Waals surface area (Å²) in [5.41, 5.74) is 0.821. The molecule has 2 N–H and O–H groups in total. The molecule has 1 aliphatic heterocycles. The summed E-state index contributed by atoms with van der Waals surface area (Å²) < 4.78 is 0. The summed E-state index contributed by atoms with van der Waals surface area (Å²) in [4.78, 5) is 38.8. The van der Waals surface area contributed by atoms with Crippen LogP contribution < -0.4 is 10.6 Å². The van der Waals surface area contributed by atoms with Crippen molar-refractivity contribution in [1.82, 2.24) is 20.4 Å². The molecule has 9 heteroatoms. The Balaban J connectivity index is 1.56. The van der Waals surface area contributed by atoms with E-state index in [1.807, 2.05) is 24.3 Å². The van der Waals surface area contributed by atoms with Crippen molar-refractivity contribution < 1.29 is 14.4 Å². The number of carbonyl (C=O) groups excluding carboxylic acids is 3. The van der Waals surface area contributed by atoms with Crippen LogP contribution in [0.3, 0.4) is 0 Å². The zero-order chi connectivity index (χ0) is 18.3. The summed E-state index contributed by atoms with van der Waals surface area (Å²) in [6, 6.07) is 7.09. The molecule has 1 aromatic heterocycles. The SMILES string of the molecule is Cc1nnc(NC(=O)CN2C(=O)N[C@@]3(CCCc4ccccc43)C2=O)s1. The van der Waals surface area contributed by atoms with Gasteiger partial charge in [-0.05, 0) is 37.3 Å². The Labute approximate surface area is 153 Å². The molecule has 0 unspecified atom stereocenters. The van der Waals surface area contributed by atoms with Gasteiger partial charge in [0.05, 0.1) is 0 Å². The number of rotatable bonds is 3. The average molecular weight is 371 g/mol. The molecule has 1 aliphatic carbocycles. The molecule has 134 valence electrons. The van der Waals surface area contributed by atoms with Gasteiger partial charge in [0.15, 0.2) is 0 Å². The normalized spacial score (nSPS) is 21.7. The van der Waals surface area contributed by atoms with Crippen LogP contribution >= 0.6 is 11.3 Å². The lowest BCUT2D eigenvalue weighted by molar-refractivity contribution is -0.134. The van der Waals surface area contributed by atoms with Crippen molar-refractivity contribution >= 4 is 34.3 Å². The fourth-order valence-electron chi connectivity index (χ4n) is 3.60. The lowest BCUT2D eigenvalue weighted by atomic mass is 9.76. The molecule has 1 atom stereocenters. The van der Waals surface area contributed by atoms with Gasteiger partial charge in [0.2, 0.25) is 11.0 Å². The van der Waals surface area contributed by atoms with Gasteiger partial charge in [-0.25, -0.2) is 4.79 Å². The highest BCUT2D eigenvalue weighted by Crippen LogP contribution is 2.39. The maximum atomic E-state index is 13.1. The summed E-state index contributed by atoms with van der Waals surface area (Å²) in [6.07, 6.45) is 2.20. The number of amides is 4. The summed E-state index contributed by atoms with van der Waals surface area (Å²) in [5, 5.41) is 14.1. The Morgan fingerprint density at radius 1 is 1.35 bits per heavy atom. The number of nitrogens with zero attached hydrogens (tertiary/aromatic N) is 3. The summed E-state index contributed by atoms with van der Waals surface area (Å²) in [5.74, 6) is -0.857. The zero-order valence-corrected chi connectivity index (χ0v) is 14.9. The van der Waals surface area contributed by atoms with Crippen LogP contribution in [0.1, 0.15) is 29.0 Å². The maximum Gasteiger partial charge on any atom is 0.325 e. The van der Waals surface area contributed by atoms with Gasteiger partial charge < -0.3 is 5.32 Å². The number of hydrogen-bond donors (Lipinski definition) is 2. The first-order valence-corrected chi connectivity index (χ1v) is 9.14. The standard InChI is InChI=1S/C17H17N5O3S/c1-10-20-21-15(26-10)18-13(23)9-22-14(24)17(19-16(22)25)8-4-6-11-5-2-3-7-12(11)17/h2-3,5,7H,4,6,8-9H2,1H3,(H,19,25)(H,18,21,23)/t17-/m1/s1. The number of carbonyl (C=O) groups is 3. The number of fused-ring (bicyclic) bond motifs is 2. The summed E-state index contributed by atoms with van der Waals surface area (Å²) in [7, 11) is 0. The number of aromatic nitrogens is 2. The van der Waals surface area contributed by atoms with Gasteiger partial charge in [0.25, 0.3) is 5.91 Å². The van der Waals surface area contributed by atoms with E-state index in [-0.39, 0.29) is 12.5 Å². The molecule has 0 saturated carbocycles. The lowest BCUT2D eigenvalue weighted by Gasteiger charge is -2.33. The molecule has 0 radical (unpaired) electrons. The Morgan fingerprint density at radius 3 is 2.92 bits per heavy atom. The highest BCUT2D eigenvalue weighted by Gasteiger charge is 2.54. The maximum absolute atomic E-state index is 13.1. The number of anilines is 1. The Morgan fingerprint density at radius 2 is 2.15 bits per heavy atom. The predicted molar refractivity (Wildman–Crippen MR) is 94.6 cm³/mol. The van der Waals surface area contributed by atoms with Crippen molar-refractivity contribution in [3.8, 4) is 0 Å². The molecular formula is C17H17N5O3S. The average Bonchev–Trinajstić information content (AvgIpc) is 3.12. The van der Waals surface area contributed by atoms with Crippen LogP contribution in [0.25, 0.3) is 0 Å². The van der Waals surface area contributed by atoms with Gasteiger partial charge >= 0.3 is 6.03 Å². The van der Waals surface area contributed by atoms with Crippen LogP contribution in [0, 0.1) is 6.92 Å². The van der Waals surface area contributed by atoms with Gasteiger partial charge in [0.1, 0.15) is 17.1 Å². The first-order chi connectivity index (χ1) is 12.5. The zero-order valence-electron chi connectivity index (χ0n) is 14.1. The topological polar surface area (TPSA) is 104 Å². The largest absolute Gasteiger partial charge is 0.325 e. The minimum Gasteiger partial charge on any atom is -0.319 e. The summed E-state index contributed by atoms with van der Waals surface area (Å²) >= 11 is 1.23. The predicted octanol–water partition coefficient (Wildman–Crippen LogP) is 1.57. The van der Waals surface area contributed by atoms with Crippen molar-refractivity contribution in [3.05, 3.63) is 40.4 Å². The van der Waals surface area contributed by atoms with Crippen molar-refractivity contribution in [3.63, 3.8) is 0 Å². The molecule has 1 fully saturated rings. The fraction of sp³-hybridized carbons (Fsp3) is 0.353. The molecule has 1 saturated heterocycles. The third-order valence-corrected chi connectivity index (χ3v) is 5.48. The molecule has 1 aromatic carbocycles. The molecule has 4 rings (SSSR count). The van der Waals surface area contributed by atoms with Crippen molar-refractivity contribution in [2.45, 2.75) is 31.7 Å². The second-order valence-electron chi connectivity index (χ2n) is 6.41. The lowest BCUT2D eigenvalue weighted by Crippen LogP contribution is -2.47. The molecule has 0 bridgehead atoms. The Kier molecular flexibility index (Phi) is 3.95. The van der Waals surface area contributed by atoms with E-state index in [0.717, 1.165) is 28.9 Å². The van der Waals surface area contributed by atoms with Crippen LogP contribution in [0.2, 0.25) is 0 Å². The van der Waals surface area contributed by atoms with E-state index in [2.05, 4.69) is 20.8 Å². The molecule has 26 heavy (non-hydrogen) atoms. The molecule has 4 amide bonds. The van der Waals surface area contributed by atoms with E-state index in [1.165, 1.54) is 11.3 Å². The molecule has 8 nitrogen and oxygen atoms in total. The highest BCUT2D eigenvalue weighted by atomic mass is 32.1. The van der Waals surface area contributed by atoms with Crippen molar-refractivity contribution in [2.24, 2.45) is 0 Å². The molecule has 2 heterocycles. The number of benzene rings is 1. The van der Waals surface area contributed by atoms with Crippen LogP contribution in [0.15, 0.2) is 24.3 Å². The van der Waals surface area contributed by atoms with Crippen molar-refractivity contribution in [1.29, 1.82) is 0 Å². The quantitative estimate of drug-likeness (QED) is 0.797. The summed E-state index contributed by atoms with van der Waals surface area (Å²) in [6.45, 7) is 1.42. The van der Waals surface area contributed by atoms with Crippen LogP contribution in [-0.2, 0) is 21.5 Å². The van der Waals surface area contributed by atoms with E-state index >= 15 is 0 Å². The first-order valence-electron chi connectivity index (χ1n) is 8.32. The van der Waals surface area contributed by atoms with E-state index in [9.17, 15) is 14.4 Å². The first kappa shape index (κ1) is 16.6. The monoisotopic (exact) mass is 371 g/mol. The van der Waals surface area contributed by atoms with Gasteiger partial charge in [-0.2, -0.15) is 0 Å². The van der Waals surface area contributed by atoms with E-state index < -0.39 is 17.5 Å². The molecule has 1 spiro atoms. The highest BCUT2D eigenvalue weighted by molar-refractivity contribution is 7.15. The van der Waals surface area contributed by atoms with Crippen LogP contribution in [0.4, 0.5) is 9.93 Å². The second kappa shape index (κ2) is 6.17. The molecule has 2 aromatic rings. The molecule has 2 aliphatic rings. The van der Waals surface area contributed by atoms with Crippen LogP contribution in [-0.4, -0.2) is 39.5 Å². The van der Waals surface area contributed by atoms with E-state index in [4.69, 9.17) is 0 Å². The van der Waals surface area contributed by atoms with Crippen molar-refractivity contribution in [2.75, 3.05) is 11.9 Å². The van der Waals surface area contributed by atoms with Gasteiger partial charge in [-0.15, -0.1) is 10.2 Å². The Hall–Kier alpha value is -2.81. The van der Waals surface area contributed by atoms with Crippen LogP contribution in [0.5, 0.6) is 0 Å². The third kappa shape index (κ3) is 2.64. The van der Waals surface area contributed by atoms with Gasteiger partial charge in [-0.3, -0.25) is 19.8 Å². The minimum absolute atomic E-state index is 0.345. The number of hydrogen-bond acceptors (Lipinski definition) is 6. The van der Waals surface area contributed by atoms with Gasteiger partial charge in [-0.1, -0.05) is 35.6 Å². The number of urea groups is 1. The Bertz CT molecular complexity index is 911. The second-order valence-corrected chi connectivity index (χ2v) is 7.59. The minimum atomic E-state index is -1.06. The molecular weight excluding hydrogens is 354 g/mol. The smallest absolute Gasteiger partial charge is 0.319 e. The number of imide groups is 1. The number of aryl methyl sites for hydroxylation is 2.